The zero-order valence-electron chi connectivity index (χ0n) is 13.7. The molecule has 3 aromatic rings. The summed E-state index contributed by atoms with van der Waals surface area (Å²) in [5, 5.41) is 6.58. The predicted octanol–water partition coefficient (Wildman–Crippen LogP) is 6.08. The molecule has 0 radical (unpaired) electrons. The van der Waals surface area contributed by atoms with Crippen LogP contribution in [0.4, 0.5) is 14.5 Å². The summed E-state index contributed by atoms with van der Waals surface area (Å²) >= 11 is 3.43. The maximum atomic E-state index is 14.3. The predicted molar refractivity (Wildman–Crippen MR) is 103 cm³/mol. The highest BCUT2D eigenvalue weighted by molar-refractivity contribution is 9.10. The van der Waals surface area contributed by atoms with Crippen molar-refractivity contribution >= 4 is 27.3 Å². The number of rotatable bonds is 3. The molecule has 0 saturated heterocycles. The van der Waals surface area contributed by atoms with Crippen LogP contribution in [-0.2, 0) is 0 Å². The Balaban J connectivity index is 1.77. The maximum absolute atomic E-state index is 14.3. The molecule has 0 fully saturated rings. The van der Waals surface area contributed by atoms with E-state index in [1.165, 1.54) is 18.2 Å². The summed E-state index contributed by atoms with van der Waals surface area (Å²) in [4.78, 5) is 0. The Morgan fingerprint density at radius 3 is 2.27 bits per heavy atom. The molecule has 0 saturated carbocycles. The first-order valence-electron chi connectivity index (χ1n) is 8.24. The summed E-state index contributed by atoms with van der Waals surface area (Å²) in [6.45, 7) is 0. The number of hydrazone groups is 1. The Morgan fingerprint density at radius 1 is 0.885 bits per heavy atom. The summed E-state index contributed by atoms with van der Waals surface area (Å²) in [6.07, 6.45) is 0.544. The number of halogens is 3. The first kappa shape index (κ1) is 16.9. The van der Waals surface area contributed by atoms with Crippen LogP contribution in [0.2, 0.25) is 0 Å². The van der Waals surface area contributed by atoms with Crippen LogP contribution < -0.4 is 5.01 Å². The van der Waals surface area contributed by atoms with Crippen LogP contribution in [-0.4, -0.2) is 5.71 Å². The van der Waals surface area contributed by atoms with Crippen molar-refractivity contribution in [3.05, 3.63) is 100 Å². The fraction of sp³-hybridized carbons (Fsp3) is 0.0952. The Kier molecular flexibility index (Phi) is 4.55. The van der Waals surface area contributed by atoms with E-state index in [2.05, 4.69) is 15.9 Å². The Hall–Kier alpha value is -2.53. The van der Waals surface area contributed by atoms with E-state index >= 15 is 0 Å². The van der Waals surface area contributed by atoms with Crippen LogP contribution in [0.3, 0.4) is 0 Å². The largest absolute Gasteiger partial charge is 0.257 e. The van der Waals surface area contributed by atoms with E-state index in [0.717, 1.165) is 15.7 Å². The third kappa shape index (κ3) is 3.27. The average molecular weight is 413 g/mol. The second-order valence-electron chi connectivity index (χ2n) is 6.12. The second kappa shape index (κ2) is 7.00. The van der Waals surface area contributed by atoms with E-state index in [1.807, 2.05) is 29.3 Å². The molecule has 0 bridgehead atoms. The molecule has 0 aliphatic carbocycles. The van der Waals surface area contributed by atoms with Gasteiger partial charge in [0.25, 0.3) is 0 Å². The number of hydrogen-bond acceptors (Lipinski definition) is 2. The quantitative estimate of drug-likeness (QED) is 0.508. The number of benzene rings is 3. The molecular formula is C21H15BrF2N2. The fourth-order valence-electron chi connectivity index (χ4n) is 3.14. The van der Waals surface area contributed by atoms with Crippen molar-refractivity contribution in [2.45, 2.75) is 12.5 Å². The summed E-state index contributed by atoms with van der Waals surface area (Å²) < 4.78 is 28.6. The molecule has 5 heteroatoms. The molecular weight excluding hydrogens is 398 g/mol. The minimum absolute atomic E-state index is 0.119. The molecule has 0 N–H and O–H groups in total. The normalized spacial score (nSPS) is 16.7. The van der Waals surface area contributed by atoms with Gasteiger partial charge < -0.3 is 0 Å². The molecule has 130 valence electrons. The highest BCUT2D eigenvalue weighted by Crippen LogP contribution is 2.37. The highest BCUT2D eigenvalue weighted by atomic mass is 79.9. The number of nitrogens with zero attached hydrogens (tertiary/aromatic N) is 2. The minimum atomic E-state index is -0.290. The number of hydrogen-bond donors (Lipinski definition) is 0. The average Bonchev–Trinajstić information content (AvgIpc) is 3.08. The van der Waals surface area contributed by atoms with Gasteiger partial charge in [-0.1, -0.05) is 46.3 Å². The topological polar surface area (TPSA) is 15.6 Å². The molecule has 3 aromatic carbocycles. The Bertz CT molecular complexity index is 953. The summed E-state index contributed by atoms with van der Waals surface area (Å²) in [5.74, 6) is -0.570. The summed E-state index contributed by atoms with van der Waals surface area (Å²) in [7, 11) is 0. The van der Waals surface area contributed by atoms with Crippen molar-refractivity contribution in [1.82, 2.24) is 0 Å². The highest BCUT2D eigenvalue weighted by Gasteiger charge is 2.30. The van der Waals surface area contributed by atoms with E-state index < -0.39 is 0 Å². The molecule has 1 aliphatic rings. The first-order valence-corrected chi connectivity index (χ1v) is 9.04. The molecule has 0 aromatic heterocycles. The van der Waals surface area contributed by atoms with Gasteiger partial charge >= 0.3 is 0 Å². The van der Waals surface area contributed by atoms with Crippen molar-refractivity contribution in [2.75, 3.05) is 5.01 Å². The first-order chi connectivity index (χ1) is 12.6. The lowest BCUT2D eigenvalue weighted by Crippen LogP contribution is -2.18. The van der Waals surface area contributed by atoms with Crippen LogP contribution in [0, 0.1) is 11.6 Å². The van der Waals surface area contributed by atoms with Crippen molar-refractivity contribution < 1.29 is 8.78 Å². The Labute approximate surface area is 158 Å². The van der Waals surface area contributed by atoms with Crippen LogP contribution in [0.25, 0.3) is 0 Å². The van der Waals surface area contributed by atoms with Crippen molar-refractivity contribution in [3.63, 3.8) is 0 Å². The van der Waals surface area contributed by atoms with Gasteiger partial charge in [-0.3, -0.25) is 5.01 Å². The Morgan fingerprint density at radius 2 is 1.58 bits per heavy atom. The van der Waals surface area contributed by atoms with E-state index in [-0.39, 0.29) is 17.7 Å². The van der Waals surface area contributed by atoms with Gasteiger partial charge in [-0.05, 0) is 48.0 Å². The molecule has 0 unspecified atom stereocenters. The van der Waals surface area contributed by atoms with Crippen LogP contribution >= 0.6 is 15.9 Å². The molecule has 2 nitrogen and oxygen atoms in total. The molecule has 1 aliphatic heterocycles. The molecule has 1 heterocycles. The van der Waals surface area contributed by atoms with E-state index in [0.29, 0.717) is 17.7 Å². The smallest absolute Gasteiger partial charge is 0.132 e. The van der Waals surface area contributed by atoms with E-state index in [1.54, 1.807) is 30.3 Å². The monoisotopic (exact) mass is 412 g/mol. The van der Waals surface area contributed by atoms with Gasteiger partial charge in [-0.2, -0.15) is 5.10 Å². The van der Waals surface area contributed by atoms with Crippen molar-refractivity contribution in [3.8, 4) is 0 Å². The van der Waals surface area contributed by atoms with Crippen LogP contribution in [0.15, 0.2) is 82.4 Å². The van der Waals surface area contributed by atoms with E-state index in [4.69, 9.17) is 5.10 Å². The fourth-order valence-corrected chi connectivity index (χ4v) is 3.41. The maximum Gasteiger partial charge on any atom is 0.132 e. The van der Waals surface area contributed by atoms with Gasteiger partial charge in [0.05, 0.1) is 17.4 Å². The summed E-state index contributed by atoms with van der Waals surface area (Å²) in [5.41, 5.74) is 3.01. The lowest BCUT2D eigenvalue weighted by molar-refractivity contribution is 0.623. The molecule has 4 rings (SSSR count). The van der Waals surface area contributed by atoms with Crippen molar-refractivity contribution in [2.24, 2.45) is 5.10 Å². The number of anilines is 1. The minimum Gasteiger partial charge on any atom is -0.257 e. The van der Waals surface area contributed by atoms with Crippen LogP contribution in [0.5, 0.6) is 0 Å². The van der Waals surface area contributed by atoms with E-state index in [9.17, 15) is 8.78 Å². The van der Waals surface area contributed by atoms with Crippen LogP contribution in [0.1, 0.15) is 23.6 Å². The second-order valence-corrected chi connectivity index (χ2v) is 7.03. The lowest BCUT2D eigenvalue weighted by atomic mass is 9.98. The molecule has 1 atom stereocenters. The van der Waals surface area contributed by atoms with Gasteiger partial charge in [0.15, 0.2) is 0 Å². The third-order valence-electron chi connectivity index (χ3n) is 4.44. The van der Waals surface area contributed by atoms with Crippen molar-refractivity contribution in [1.29, 1.82) is 0 Å². The summed E-state index contributed by atoms with van der Waals surface area (Å²) in [6, 6.07) is 20.7. The zero-order chi connectivity index (χ0) is 18.1. The lowest BCUT2D eigenvalue weighted by Gasteiger charge is -2.24. The third-order valence-corrected chi connectivity index (χ3v) is 4.97. The van der Waals surface area contributed by atoms with Gasteiger partial charge in [-0.25, -0.2) is 8.78 Å². The van der Waals surface area contributed by atoms with Gasteiger partial charge in [0.1, 0.15) is 11.6 Å². The van der Waals surface area contributed by atoms with Gasteiger partial charge in [0, 0.05) is 16.5 Å². The van der Waals surface area contributed by atoms with Gasteiger partial charge in [0.2, 0.25) is 0 Å². The molecule has 26 heavy (non-hydrogen) atoms. The zero-order valence-corrected chi connectivity index (χ0v) is 15.3. The molecule has 0 spiro atoms. The van der Waals surface area contributed by atoms with Gasteiger partial charge in [-0.15, -0.1) is 0 Å². The SMILES string of the molecule is Fc1ccc([C@H]2CC(c3ccccc3F)=NN2c2ccc(Br)cc2)cc1. The molecule has 0 amide bonds. The standard InChI is InChI=1S/C21H15BrF2N2/c22-15-7-11-17(12-8-15)26-21(14-5-9-16(23)10-6-14)13-20(25-26)18-3-1-2-4-19(18)24/h1-12,21H,13H2/t21-/m1/s1.